The van der Waals surface area contributed by atoms with Gasteiger partial charge in [0, 0.05) is 4.88 Å². The molecule has 0 atom stereocenters. The quantitative estimate of drug-likeness (QED) is 0.572. The van der Waals surface area contributed by atoms with Gasteiger partial charge in [-0.05, 0) is 35.1 Å². The van der Waals surface area contributed by atoms with Crippen LogP contribution in [-0.2, 0) is 0 Å². The van der Waals surface area contributed by atoms with Crippen molar-refractivity contribution in [2.24, 2.45) is 0 Å². The molecule has 0 saturated heterocycles. The molecule has 18 heavy (non-hydrogen) atoms. The summed E-state index contributed by atoms with van der Waals surface area (Å²) >= 11 is 1.80. The summed E-state index contributed by atoms with van der Waals surface area (Å²) in [6.45, 7) is 2.12. The van der Waals surface area contributed by atoms with Crippen LogP contribution in [0.4, 0.5) is 0 Å². The Morgan fingerprint density at radius 3 is 2.17 bits per heavy atom. The first-order valence-electron chi connectivity index (χ1n) is 6.04. The number of aryl methyl sites for hydroxylation is 1. The second kappa shape index (κ2) is 4.79. The Kier molecular flexibility index (Phi) is 2.99. The minimum absolute atomic E-state index is 1.28. The summed E-state index contributed by atoms with van der Waals surface area (Å²) < 4.78 is 0. The fourth-order valence-electron chi connectivity index (χ4n) is 1.99. The number of benzene rings is 2. The average molecular weight is 250 g/mol. The molecule has 1 heteroatoms. The van der Waals surface area contributed by atoms with Crippen LogP contribution in [0.15, 0.2) is 66.0 Å². The van der Waals surface area contributed by atoms with Crippen LogP contribution < -0.4 is 0 Å². The molecule has 0 aliphatic heterocycles. The Balaban J connectivity index is 1.97. The van der Waals surface area contributed by atoms with Crippen molar-refractivity contribution in [1.29, 1.82) is 0 Å². The molecule has 1 heterocycles. The largest absolute Gasteiger partial charge is 0.143 e. The van der Waals surface area contributed by atoms with Crippen LogP contribution in [0.25, 0.3) is 21.6 Å². The van der Waals surface area contributed by atoms with Crippen LogP contribution in [0.5, 0.6) is 0 Å². The summed E-state index contributed by atoms with van der Waals surface area (Å²) in [5.74, 6) is 0. The Labute approximate surface area is 112 Å². The van der Waals surface area contributed by atoms with E-state index in [2.05, 4.69) is 73.0 Å². The number of hydrogen-bond donors (Lipinski definition) is 0. The summed E-state index contributed by atoms with van der Waals surface area (Å²) in [6, 6.07) is 21.5. The van der Waals surface area contributed by atoms with Crippen molar-refractivity contribution in [2.45, 2.75) is 6.92 Å². The number of rotatable bonds is 2. The smallest absolute Gasteiger partial charge is 0.0349 e. The first-order valence-corrected chi connectivity index (χ1v) is 6.92. The van der Waals surface area contributed by atoms with Crippen molar-refractivity contribution >= 4 is 11.3 Å². The maximum atomic E-state index is 2.27. The maximum absolute atomic E-state index is 2.27. The Hall–Kier alpha value is -1.86. The SMILES string of the molecule is Cc1ccc(-c2cc(-c3ccccc3)cs2)cc1. The summed E-state index contributed by atoms with van der Waals surface area (Å²) in [6.07, 6.45) is 0. The molecule has 0 fully saturated rings. The fraction of sp³-hybridized carbons (Fsp3) is 0.0588. The average Bonchev–Trinajstić information content (AvgIpc) is 2.90. The van der Waals surface area contributed by atoms with Crippen LogP contribution in [0.3, 0.4) is 0 Å². The van der Waals surface area contributed by atoms with Crippen LogP contribution in [-0.4, -0.2) is 0 Å². The van der Waals surface area contributed by atoms with E-state index in [1.54, 1.807) is 11.3 Å². The predicted octanol–water partition coefficient (Wildman–Crippen LogP) is 5.39. The van der Waals surface area contributed by atoms with Crippen molar-refractivity contribution in [2.75, 3.05) is 0 Å². The van der Waals surface area contributed by atoms with Crippen LogP contribution in [0.1, 0.15) is 5.56 Å². The molecule has 88 valence electrons. The fourth-order valence-corrected chi connectivity index (χ4v) is 2.91. The molecule has 0 spiro atoms. The zero-order valence-corrected chi connectivity index (χ0v) is 11.1. The molecule has 0 radical (unpaired) electrons. The lowest BCUT2D eigenvalue weighted by molar-refractivity contribution is 1.48. The molecule has 3 aromatic rings. The van der Waals surface area contributed by atoms with Gasteiger partial charge in [-0.2, -0.15) is 0 Å². The van der Waals surface area contributed by atoms with E-state index in [4.69, 9.17) is 0 Å². The summed E-state index contributed by atoms with van der Waals surface area (Å²) in [5.41, 5.74) is 5.19. The summed E-state index contributed by atoms with van der Waals surface area (Å²) in [5, 5.41) is 2.23. The number of hydrogen-bond acceptors (Lipinski definition) is 1. The highest BCUT2D eigenvalue weighted by Crippen LogP contribution is 2.32. The van der Waals surface area contributed by atoms with E-state index >= 15 is 0 Å². The van der Waals surface area contributed by atoms with Gasteiger partial charge in [0.1, 0.15) is 0 Å². The Morgan fingerprint density at radius 2 is 1.44 bits per heavy atom. The third-order valence-corrected chi connectivity index (χ3v) is 4.02. The molecule has 1 aromatic heterocycles. The van der Waals surface area contributed by atoms with Crippen LogP contribution in [0, 0.1) is 6.92 Å². The van der Waals surface area contributed by atoms with E-state index in [-0.39, 0.29) is 0 Å². The molecule has 2 aromatic carbocycles. The topological polar surface area (TPSA) is 0 Å². The zero-order chi connectivity index (χ0) is 12.4. The highest BCUT2D eigenvalue weighted by molar-refractivity contribution is 7.14. The highest BCUT2D eigenvalue weighted by Gasteiger charge is 2.03. The van der Waals surface area contributed by atoms with Crippen LogP contribution in [0.2, 0.25) is 0 Å². The lowest BCUT2D eigenvalue weighted by Crippen LogP contribution is -1.74. The van der Waals surface area contributed by atoms with Gasteiger partial charge in [-0.1, -0.05) is 60.2 Å². The molecule has 0 N–H and O–H groups in total. The van der Waals surface area contributed by atoms with Gasteiger partial charge >= 0.3 is 0 Å². The summed E-state index contributed by atoms with van der Waals surface area (Å²) in [4.78, 5) is 1.33. The third kappa shape index (κ3) is 2.22. The first-order chi connectivity index (χ1) is 8.83. The van der Waals surface area contributed by atoms with Crippen molar-refractivity contribution in [3.63, 3.8) is 0 Å². The molecule has 0 saturated carbocycles. The van der Waals surface area contributed by atoms with E-state index in [9.17, 15) is 0 Å². The molecule has 0 aliphatic rings. The standard InChI is InChI=1S/C17H14S/c1-13-7-9-15(10-8-13)17-11-16(12-18-17)14-5-3-2-4-6-14/h2-12H,1H3. The molecule has 3 rings (SSSR count). The lowest BCUT2D eigenvalue weighted by Gasteiger charge is -1.98. The maximum Gasteiger partial charge on any atom is 0.0349 e. The van der Waals surface area contributed by atoms with Crippen LogP contribution >= 0.6 is 11.3 Å². The highest BCUT2D eigenvalue weighted by atomic mass is 32.1. The van der Waals surface area contributed by atoms with E-state index < -0.39 is 0 Å². The minimum atomic E-state index is 1.28. The number of thiophene rings is 1. The molecular weight excluding hydrogens is 236 g/mol. The molecular formula is C17H14S. The first kappa shape index (κ1) is 11.2. The molecule has 0 nitrogen and oxygen atoms in total. The lowest BCUT2D eigenvalue weighted by atomic mass is 10.1. The minimum Gasteiger partial charge on any atom is -0.143 e. The van der Waals surface area contributed by atoms with E-state index in [1.165, 1.54) is 27.1 Å². The van der Waals surface area contributed by atoms with Gasteiger partial charge in [0.25, 0.3) is 0 Å². The van der Waals surface area contributed by atoms with E-state index in [0.29, 0.717) is 0 Å². The van der Waals surface area contributed by atoms with Gasteiger partial charge in [0.15, 0.2) is 0 Å². The van der Waals surface area contributed by atoms with Gasteiger partial charge in [0.05, 0.1) is 0 Å². The second-order valence-electron chi connectivity index (χ2n) is 4.43. The van der Waals surface area contributed by atoms with Gasteiger partial charge in [-0.3, -0.25) is 0 Å². The second-order valence-corrected chi connectivity index (χ2v) is 5.34. The third-order valence-electron chi connectivity index (χ3n) is 3.04. The predicted molar refractivity (Wildman–Crippen MR) is 79.9 cm³/mol. The molecule has 0 unspecified atom stereocenters. The van der Waals surface area contributed by atoms with E-state index in [0.717, 1.165) is 0 Å². The van der Waals surface area contributed by atoms with Crippen molar-refractivity contribution in [3.8, 4) is 21.6 Å². The van der Waals surface area contributed by atoms with Crippen molar-refractivity contribution in [1.82, 2.24) is 0 Å². The Bertz CT molecular complexity index is 633. The normalized spacial score (nSPS) is 10.5. The van der Waals surface area contributed by atoms with Gasteiger partial charge in [-0.15, -0.1) is 11.3 Å². The monoisotopic (exact) mass is 250 g/mol. The Morgan fingerprint density at radius 1 is 0.722 bits per heavy atom. The molecule has 0 amide bonds. The van der Waals surface area contributed by atoms with E-state index in [1.807, 2.05) is 0 Å². The van der Waals surface area contributed by atoms with Crippen molar-refractivity contribution < 1.29 is 0 Å². The van der Waals surface area contributed by atoms with Gasteiger partial charge < -0.3 is 0 Å². The summed E-state index contributed by atoms with van der Waals surface area (Å²) in [7, 11) is 0. The van der Waals surface area contributed by atoms with Gasteiger partial charge in [0.2, 0.25) is 0 Å². The van der Waals surface area contributed by atoms with Gasteiger partial charge in [-0.25, -0.2) is 0 Å². The molecule has 0 aliphatic carbocycles. The molecule has 0 bridgehead atoms. The zero-order valence-electron chi connectivity index (χ0n) is 10.3. The van der Waals surface area contributed by atoms with Crippen molar-refractivity contribution in [3.05, 3.63) is 71.6 Å².